The normalized spacial score (nSPS) is 9.70. The number of nitrogens with one attached hydrogen (secondary N) is 2. The molecular weight excluding hydrogens is 292 g/mol. The van der Waals surface area contributed by atoms with Crippen LogP contribution in [0, 0.1) is 11.3 Å². The Bertz CT molecular complexity index is 731. The van der Waals surface area contributed by atoms with E-state index in [9.17, 15) is 9.59 Å². The van der Waals surface area contributed by atoms with Gasteiger partial charge >= 0.3 is 0 Å². The maximum Gasteiger partial charge on any atom is 0.251 e. The number of amides is 2. The second-order valence-electron chi connectivity index (χ2n) is 4.88. The van der Waals surface area contributed by atoms with Crippen molar-refractivity contribution >= 4 is 23.2 Å². The number of anilines is 2. The van der Waals surface area contributed by atoms with Gasteiger partial charge in [0.1, 0.15) is 6.42 Å². The highest BCUT2D eigenvalue weighted by Gasteiger charge is 2.05. The average Bonchev–Trinajstić information content (AvgIpc) is 2.55. The van der Waals surface area contributed by atoms with Crippen LogP contribution in [0.15, 0.2) is 48.5 Å². The Labute approximate surface area is 133 Å². The van der Waals surface area contributed by atoms with Crippen LogP contribution in [-0.4, -0.2) is 11.8 Å². The number of nitrogen functional groups attached to an aromatic ring is 1. The first-order chi connectivity index (χ1) is 11.1. The van der Waals surface area contributed by atoms with E-state index in [1.807, 2.05) is 0 Å². The topological polar surface area (TPSA) is 108 Å². The van der Waals surface area contributed by atoms with Gasteiger partial charge in [0.15, 0.2) is 0 Å². The summed E-state index contributed by atoms with van der Waals surface area (Å²) >= 11 is 0. The molecule has 0 saturated heterocycles. The first kappa shape index (κ1) is 16.0. The van der Waals surface area contributed by atoms with Crippen molar-refractivity contribution in [2.24, 2.45) is 0 Å². The molecule has 2 aromatic carbocycles. The summed E-state index contributed by atoms with van der Waals surface area (Å²) in [5.41, 5.74) is 8.23. The van der Waals surface area contributed by atoms with E-state index >= 15 is 0 Å². The molecule has 23 heavy (non-hydrogen) atoms. The van der Waals surface area contributed by atoms with Crippen LogP contribution < -0.4 is 16.4 Å². The van der Waals surface area contributed by atoms with Gasteiger partial charge in [-0.05, 0) is 42.0 Å². The monoisotopic (exact) mass is 308 g/mol. The summed E-state index contributed by atoms with van der Waals surface area (Å²) in [5.74, 6) is -0.534. The summed E-state index contributed by atoms with van der Waals surface area (Å²) in [6, 6.07) is 15.5. The number of benzene rings is 2. The van der Waals surface area contributed by atoms with Crippen molar-refractivity contribution in [3.63, 3.8) is 0 Å². The SMILES string of the molecule is N#CCC(=O)Nc1ccc(CNC(=O)c2ccc(N)cc2)cc1. The highest BCUT2D eigenvalue weighted by molar-refractivity contribution is 5.94. The molecule has 0 unspecified atom stereocenters. The Morgan fingerprint density at radius 2 is 1.70 bits per heavy atom. The fourth-order valence-corrected chi connectivity index (χ4v) is 1.90. The van der Waals surface area contributed by atoms with Crippen molar-refractivity contribution in [3.8, 4) is 6.07 Å². The number of nitriles is 1. The number of hydrogen-bond acceptors (Lipinski definition) is 4. The zero-order chi connectivity index (χ0) is 16.7. The zero-order valence-corrected chi connectivity index (χ0v) is 12.4. The van der Waals surface area contributed by atoms with E-state index in [0.717, 1.165) is 5.56 Å². The van der Waals surface area contributed by atoms with Crippen molar-refractivity contribution < 1.29 is 9.59 Å². The molecule has 0 fully saturated rings. The van der Waals surface area contributed by atoms with Crippen LogP contribution in [0.3, 0.4) is 0 Å². The van der Waals surface area contributed by atoms with Crippen LogP contribution >= 0.6 is 0 Å². The molecule has 0 heterocycles. The Morgan fingerprint density at radius 1 is 1.04 bits per heavy atom. The number of nitrogens with two attached hydrogens (primary N) is 1. The molecule has 2 rings (SSSR count). The van der Waals surface area contributed by atoms with E-state index < -0.39 is 0 Å². The van der Waals surface area contributed by atoms with E-state index in [-0.39, 0.29) is 18.2 Å². The molecule has 4 N–H and O–H groups in total. The largest absolute Gasteiger partial charge is 0.399 e. The summed E-state index contributed by atoms with van der Waals surface area (Å²) in [6.45, 7) is 0.371. The minimum absolute atomic E-state index is 0.181. The quantitative estimate of drug-likeness (QED) is 0.734. The maximum atomic E-state index is 12.0. The Kier molecular flexibility index (Phi) is 5.31. The van der Waals surface area contributed by atoms with Crippen molar-refractivity contribution in [2.45, 2.75) is 13.0 Å². The molecule has 0 aliphatic heterocycles. The molecule has 0 aliphatic rings. The van der Waals surface area contributed by atoms with Gasteiger partial charge in [0.2, 0.25) is 5.91 Å². The number of rotatable bonds is 5. The van der Waals surface area contributed by atoms with Crippen LogP contribution in [0.25, 0.3) is 0 Å². The lowest BCUT2D eigenvalue weighted by atomic mass is 10.1. The Hall–Kier alpha value is -3.33. The molecule has 116 valence electrons. The third-order valence-electron chi connectivity index (χ3n) is 3.10. The lowest BCUT2D eigenvalue weighted by Crippen LogP contribution is -2.22. The molecule has 2 amide bonds. The second-order valence-corrected chi connectivity index (χ2v) is 4.88. The maximum absolute atomic E-state index is 12.0. The first-order valence-electron chi connectivity index (χ1n) is 6.98. The number of carbonyl (C=O) groups is 2. The highest BCUT2D eigenvalue weighted by Crippen LogP contribution is 2.10. The Balaban J connectivity index is 1.88. The average molecular weight is 308 g/mol. The minimum Gasteiger partial charge on any atom is -0.399 e. The molecule has 2 aromatic rings. The fourth-order valence-electron chi connectivity index (χ4n) is 1.90. The van der Waals surface area contributed by atoms with Gasteiger partial charge in [-0.1, -0.05) is 12.1 Å². The van der Waals surface area contributed by atoms with Crippen molar-refractivity contribution in [1.82, 2.24) is 5.32 Å². The van der Waals surface area contributed by atoms with Gasteiger partial charge in [0, 0.05) is 23.5 Å². The standard InChI is InChI=1S/C17H16N4O2/c18-10-9-16(22)21-15-7-1-12(2-8-15)11-20-17(23)13-3-5-14(19)6-4-13/h1-8H,9,11,19H2,(H,20,23)(H,21,22). The summed E-state index contributed by atoms with van der Waals surface area (Å²) in [6.07, 6.45) is -0.181. The summed E-state index contributed by atoms with van der Waals surface area (Å²) in [7, 11) is 0. The summed E-state index contributed by atoms with van der Waals surface area (Å²) in [4.78, 5) is 23.3. The summed E-state index contributed by atoms with van der Waals surface area (Å²) < 4.78 is 0. The predicted molar refractivity (Wildman–Crippen MR) is 87.3 cm³/mol. The van der Waals surface area contributed by atoms with Crippen LogP contribution in [0.1, 0.15) is 22.3 Å². The Morgan fingerprint density at radius 3 is 2.30 bits per heavy atom. The van der Waals surface area contributed by atoms with Crippen LogP contribution in [-0.2, 0) is 11.3 Å². The summed E-state index contributed by atoms with van der Waals surface area (Å²) in [5, 5.41) is 13.8. The molecule has 0 radical (unpaired) electrons. The molecular formula is C17H16N4O2. The van der Waals surface area contributed by atoms with Gasteiger partial charge < -0.3 is 16.4 Å². The van der Waals surface area contributed by atoms with Crippen molar-refractivity contribution in [2.75, 3.05) is 11.1 Å². The van der Waals surface area contributed by atoms with Crippen molar-refractivity contribution in [1.29, 1.82) is 5.26 Å². The minimum atomic E-state index is -0.350. The van der Waals surface area contributed by atoms with Crippen LogP contribution in [0.4, 0.5) is 11.4 Å². The smallest absolute Gasteiger partial charge is 0.251 e. The molecule has 0 bridgehead atoms. The lowest BCUT2D eigenvalue weighted by Gasteiger charge is -2.07. The van der Waals surface area contributed by atoms with Gasteiger partial charge in [-0.3, -0.25) is 9.59 Å². The van der Waals surface area contributed by atoms with Gasteiger partial charge in [-0.2, -0.15) is 5.26 Å². The second kappa shape index (κ2) is 7.61. The molecule has 0 aromatic heterocycles. The highest BCUT2D eigenvalue weighted by atomic mass is 16.2. The number of carbonyl (C=O) groups excluding carboxylic acids is 2. The van der Waals surface area contributed by atoms with Gasteiger partial charge in [-0.15, -0.1) is 0 Å². The van der Waals surface area contributed by atoms with Gasteiger partial charge in [0.25, 0.3) is 5.91 Å². The molecule has 0 saturated carbocycles. The van der Waals surface area contributed by atoms with E-state index in [1.54, 1.807) is 54.6 Å². The molecule has 0 atom stereocenters. The molecule has 6 heteroatoms. The number of hydrogen-bond donors (Lipinski definition) is 3. The van der Waals surface area contributed by atoms with Crippen LogP contribution in [0.5, 0.6) is 0 Å². The zero-order valence-electron chi connectivity index (χ0n) is 12.4. The fraction of sp³-hybridized carbons (Fsp3) is 0.118. The van der Waals surface area contributed by atoms with Gasteiger partial charge in [0.05, 0.1) is 6.07 Å². The van der Waals surface area contributed by atoms with E-state index in [0.29, 0.717) is 23.5 Å². The molecule has 0 spiro atoms. The predicted octanol–water partition coefficient (Wildman–Crippen LogP) is 2.05. The molecule has 0 aliphatic carbocycles. The third kappa shape index (κ3) is 4.86. The third-order valence-corrected chi connectivity index (χ3v) is 3.10. The van der Waals surface area contributed by atoms with Crippen LogP contribution in [0.2, 0.25) is 0 Å². The molecule has 6 nitrogen and oxygen atoms in total. The first-order valence-corrected chi connectivity index (χ1v) is 6.98. The lowest BCUT2D eigenvalue weighted by molar-refractivity contribution is -0.115. The van der Waals surface area contributed by atoms with Crippen molar-refractivity contribution in [3.05, 3.63) is 59.7 Å². The van der Waals surface area contributed by atoms with E-state index in [1.165, 1.54) is 0 Å². The number of nitrogens with zero attached hydrogens (tertiary/aromatic N) is 1. The van der Waals surface area contributed by atoms with E-state index in [4.69, 9.17) is 11.0 Å². The van der Waals surface area contributed by atoms with E-state index in [2.05, 4.69) is 10.6 Å². The van der Waals surface area contributed by atoms with Gasteiger partial charge in [-0.25, -0.2) is 0 Å².